The summed E-state index contributed by atoms with van der Waals surface area (Å²) in [5, 5.41) is 0. The lowest BCUT2D eigenvalue weighted by Crippen LogP contribution is -2.54. The Morgan fingerprint density at radius 3 is 2.62 bits per heavy atom. The van der Waals surface area contributed by atoms with Gasteiger partial charge in [0.15, 0.2) is 0 Å². The highest BCUT2D eigenvalue weighted by molar-refractivity contribution is 5.72. The van der Waals surface area contributed by atoms with E-state index in [-0.39, 0.29) is 17.0 Å². The first kappa shape index (κ1) is 16.9. The molecule has 0 amide bonds. The Labute approximate surface area is 157 Å². The van der Waals surface area contributed by atoms with Crippen molar-refractivity contribution in [3.63, 3.8) is 0 Å². The fourth-order valence-electron chi connectivity index (χ4n) is 7.76. The van der Waals surface area contributed by atoms with Crippen molar-refractivity contribution in [3.05, 3.63) is 23.5 Å². The highest BCUT2D eigenvalue weighted by atomic mass is 16.6. The number of hydrogen-bond acceptors (Lipinski definition) is 3. The van der Waals surface area contributed by atoms with Gasteiger partial charge >= 0.3 is 5.97 Å². The number of fused-ring (bicyclic) bond motifs is 6. The zero-order chi connectivity index (χ0) is 18.2. The van der Waals surface area contributed by atoms with Crippen molar-refractivity contribution in [1.82, 2.24) is 0 Å². The molecule has 1 saturated heterocycles. The van der Waals surface area contributed by atoms with Crippen LogP contribution in [-0.4, -0.2) is 18.7 Å². The van der Waals surface area contributed by atoms with Gasteiger partial charge < -0.3 is 9.47 Å². The highest BCUT2D eigenvalue weighted by Crippen LogP contribution is 2.69. The fourth-order valence-corrected chi connectivity index (χ4v) is 7.76. The van der Waals surface area contributed by atoms with Crippen LogP contribution in [0.5, 0.6) is 0 Å². The molecular formula is C23H32O3. The first-order chi connectivity index (χ1) is 12.4. The van der Waals surface area contributed by atoms with Crippen LogP contribution < -0.4 is 0 Å². The van der Waals surface area contributed by atoms with Crippen LogP contribution >= 0.6 is 0 Å². The Bertz CT molecular complexity index is 706. The molecule has 1 spiro atoms. The summed E-state index contributed by atoms with van der Waals surface area (Å²) < 4.78 is 11.6. The maximum absolute atomic E-state index is 12.0. The molecule has 6 atom stereocenters. The Hall–Kier alpha value is -1.25. The molecule has 142 valence electrons. The van der Waals surface area contributed by atoms with E-state index in [9.17, 15) is 4.79 Å². The third-order valence-corrected chi connectivity index (χ3v) is 9.33. The number of esters is 1. The molecule has 0 radical (unpaired) electrons. The minimum Gasteiger partial charge on any atom is -0.501 e. The summed E-state index contributed by atoms with van der Waals surface area (Å²) in [7, 11) is 1.80. The molecule has 5 rings (SSSR count). The number of allylic oxidation sites excluding steroid dienone is 4. The SMILES string of the molecule is COC1=CC2=CC[C@H]3[C@@H](CC[C@@]4(C)[C@H]3CC[C@]43CCC(=O)O3)[C@]2(C)CC1. The van der Waals surface area contributed by atoms with E-state index >= 15 is 0 Å². The summed E-state index contributed by atoms with van der Waals surface area (Å²) in [6, 6.07) is 0. The largest absolute Gasteiger partial charge is 0.501 e. The number of methoxy groups -OCH3 is 1. The minimum absolute atomic E-state index is 0.0382. The van der Waals surface area contributed by atoms with Crippen molar-refractivity contribution in [2.24, 2.45) is 28.6 Å². The van der Waals surface area contributed by atoms with Crippen LogP contribution in [0.4, 0.5) is 0 Å². The van der Waals surface area contributed by atoms with Crippen LogP contribution in [0, 0.1) is 28.6 Å². The monoisotopic (exact) mass is 356 g/mol. The van der Waals surface area contributed by atoms with E-state index in [1.807, 2.05) is 0 Å². The second kappa shape index (κ2) is 5.39. The molecule has 2 saturated carbocycles. The Morgan fingerprint density at radius 1 is 1.08 bits per heavy atom. The molecule has 1 aliphatic heterocycles. The van der Waals surface area contributed by atoms with Gasteiger partial charge in [0.25, 0.3) is 0 Å². The van der Waals surface area contributed by atoms with E-state index in [0.29, 0.717) is 17.8 Å². The molecule has 3 heteroatoms. The molecule has 4 aliphatic carbocycles. The lowest BCUT2D eigenvalue weighted by Gasteiger charge is -2.58. The van der Waals surface area contributed by atoms with Gasteiger partial charge in [0, 0.05) is 18.3 Å². The molecule has 3 nitrogen and oxygen atoms in total. The molecule has 0 N–H and O–H groups in total. The first-order valence-corrected chi connectivity index (χ1v) is 10.6. The van der Waals surface area contributed by atoms with Gasteiger partial charge in [-0.3, -0.25) is 4.79 Å². The maximum Gasteiger partial charge on any atom is 0.306 e. The van der Waals surface area contributed by atoms with Crippen molar-refractivity contribution in [1.29, 1.82) is 0 Å². The summed E-state index contributed by atoms with van der Waals surface area (Å²) in [5.74, 6) is 3.40. The standard InChI is InChI=1S/C23H32O3/c1-21-10-6-16(25-3)14-15(21)4-5-17-18(21)7-11-22(2)19(17)8-12-23(22)13-9-20(24)26-23/h4,14,17-19H,5-13H2,1-3H3/t17-,18+,19-,21+,22-,23-/m0/s1. The van der Waals surface area contributed by atoms with Crippen LogP contribution in [0.25, 0.3) is 0 Å². The van der Waals surface area contributed by atoms with Gasteiger partial charge in [-0.2, -0.15) is 0 Å². The van der Waals surface area contributed by atoms with Crippen molar-refractivity contribution in [2.45, 2.75) is 77.2 Å². The number of hydrogen-bond donors (Lipinski definition) is 0. The predicted molar refractivity (Wildman–Crippen MR) is 100 cm³/mol. The van der Waals surface area contributed by atoms with Crippen molar-refractivity contribution in [3.8, 4) is 0 Å². The highest BCUT2D eigenvalue weighted by Gasteiger charge is 2.66. The predicted octanol–water partition coefficient (Wildman–Crippen LogP) is 5.17. The number of ether oxygens (including phenoxy) is 2. The Kier molecular flexibility index (Phi) is 3.50. The smallest absolute Gasteiger partial charge is 0.306 e. The molecule has 0 unspecified atom stereocenters. The Morgan fingerprint density at radius 2 is 1.88 bits per heavy atom. The summed E-state index contributed by atoms with van der Waals surface area (Å²) in [6.45, 7) is 4.95. The summed E-state index contributed by atoms with van der Waals surface area (Å²) in [5.41, 5.74) is 1.85. The summed E-state index contributed by atoms with van der Waals surface area (Å²) in [4.78, 5) is 12.0. The van der Waals surface area contributed by atoms with Gasteiger partial charge in [-0.05, 0) is 79.8 Å². The zero-order valence-corrected chi connectivity index (χ0v) is 16.5. The van der Waals surface area contributed by atoms with Gasteiger partial charge in [0.2, 0.25) is 0 Å². The van der Waals surface area contributed by atoms with Gasteiger partial charge in [0.05, 0.1) is 12.9 Å². The summed E-state index contributed by atoms with van der Waals surface area (Å²) >= 11 is 0. The van der Waals surface area contributed by atoms with Crippen LogP contribution in [0.2, 0.25) is 0 Å². The molecule has 3 fully saturated rings. The lowest BCUT2D eigenvalue weighted by molar-refractivity contribution is -0.167. The van der Waals surface area contributed by atoms with Gasteiger partial charge in [-0.15, -0.1) is 0 Å². The van der Waals surface area contributed by atoms with E-state index in [1.54, 1.807) is 7.11 Å². The van der Waals surface area contributed by atoms with Crippen LogP contribution in [-0.2, 0) is 14.3 Å². The second-order valence-electron chi connectivity index (χ2n) is 9.97. The first-order valence-electron chi connectivity index (χ1n) is 10.6. The molecule has 0 bridgehead atoms. The normalized spacial score (nSPS) is 49.7. The third-order valence-electron chi connectivity index (χ3n) is 9.33. The van der Waals surface area contributed by atoms with Gasteiger partial charge in [-0.1, -0.05) is 19.9 Å². The van der Waals surface area contributed by atoms with E-state index in [4.69, 9.17) is 9.47 Å². The minimum atomic E-state index is -0.152. The lowest BCUT2D eigenvalue weighted by atomic mass is 9.47. The molecule has 26 heavy (non-hydrogen) atoms. The zero-order valence-electron chi connectivity index (χ0n) is 16.5. The molecule has 0 aromatic carbocycles. The molecule has 5 aliphatic rings. The van der Waals surface area contributed by atoms with Crippen molar-refractivity contribution >= 4 is 5.97 Å². The average Bonchev–Trinajstić information content (AvgIpc) is 3.15. The molecular weight excluding hydrogens is 324 g/mol. The van der Waals surface area contributed by atoms with Crippen molar-refractivity contribution in [2.75, 3.05) is 7.11 Å². The van der Waals surface area contributed by atoms with E-state index in [0.717, 1.165) is 36.9 Å². The Balaban J connectivity index is 1.49. The quantitative estimate of drug-likeness (QED) is 0.608. The average molecular weight is 357 g/mol. The topological polar surface area (TPSA) is 35.5 Å². The van der Waals surface area contributed by atoms with E-state index in [2.05, 4.69) is 26.0 Å². The number of rotatable bonds is 1. The maximum atomic E-state index is 12.0. The fraction of sp³-hybridized carbons (Fsp3) is 0.783. The molecule has 0 aromatic rings. The van der Waals surface area contributed by atoms with E-state index in [1.165, 1.54) is 37.7 Å². The van der Waals surface area contributed by atoms with Crippen LogP contribution in [0.15, 0.2) is 23.5 Å². The number of carbonyl (C=O) groups excluding carboxylic acids is 1. The van der Waals surface area contributed by atoms with Crippen LogP contribution in [0.1, 0.15) is 71.6 Å². The van der Waals surface area contributed by atoms with Crippen LogP contribution in [0.3, 0.4) is 0 Å². The second-order valence-corrected chi connectivity index (χ2v) is 9.97. The molecule has 0 aromatic heterocycles. The number of carbonyl (C=O) groups is 1. The van der Waals surface area contributed by atoms with E-state index < -0.39 is 0 Å². The third kappa shape index (κ3) is 1.98. The van der Waals surface area contributed by atoms with Gasteiger partial charge in [-0.25, -0.2) is 0 Å². The molecule has 1 heterocycles. The van der Waals surface area contributed by atoms with Gasteiger partial charge in [0.1, 0.15) is 5.60 Å². The summed E-state index contributed by atoms with van der Waals surface area (Å²) in [6.07, 6.45) is 14.7. The van der Waals surface area contributed by atoms with Crippen molar-refractivity contribution < 1.29 is 14.3 Å².